The molecule has 0 aliphatic carbocycles. The molecule has 0 spiro atoms. The van der Waals surface area contributed by atoms with Gasteiger partial charge < -0.3 is 14.2 Å². The summed E-state index contributed by atoms with van der Waals surface area (Å²) >= 11 is 6.00. The van der Waals surface area contributed by atoms with Crippen molar-refractivity contribution in [2.45, 2.75) is 6.54 Å². The molecule has 3 heterocycles. The van der Waals surface area contributed by atoms with Crippen LogP contribution in [0.3, 0.4) is 0 Å². The molecule has 10 heteroatoms. The van der Waals surface area contributed by atoms with E-state index in [2.05, 4.69) is 4.98 Å². The summed E-state index contributed by atoms with van der Waals surface area (Å²) in [4.78, 5) is 45.8. The second kappa shape index (κ2) is 8.32. The SMILES string of the molecule is O=C(Cn1cnc2c(oc3ccccc32)c1=O)N1CCN(C(=O)c2ccc(F)cc2Cl)CC1. The Kier molecular flexibility index (Phi) is 5.33. The van der Waals surface area contributed by atoms with Gasteiger partial charge in [0, 0.05) is 31.6 Å². The Hall–Kier alpha value is -3.72. The molecule has 1 saturated heterocycles. The van der Waals surface area contributed by atoms with E-state index >= 15 is 0 Å². The molecule has 0 saturated carbocycles. The van der Waals surface area contributed by atoms with Crippen molar-refractivity contribution in [3.63, 3.8) is 0 Å². The van der Waals surface area contributed by atoms with E-state index in [1.54, 1.807) is 21.9 Å². The van der Waals surface area contributed by atoms with E-state index in [1.165, 1.54) is 23.0 Å². The number of amides is 2. The zero-order chi connectivity index (χ0) is 23.1. The Morgan fingerprint density at radius 1 is 1.06 bits per heavy atom. The summed E-state index contributed by atoms with van der Waals surface area (Å²) in [5.74, 6) is -1.10. The first-order chi connectivity index (χ1) is 15.9. The van der Waals surface area contributed by atoms with E-state index in [-0.39, 0.29) is 34.5 Å². The summed E-state index contributed by atoms with van der Waals surface area (Å²) in [6.07, 6.45) is 1.35. The second-order valence-electron chi connectivity index (χ2n) is 7.75. The van der Waals surface area contributed by atoms with E-state index in [4.69, 9.17) is 16.0 Å². The number of halogens is 2. The average Bonchev–Trinajstić information content (AvgIpc) is 3.20. The number of aromatic nitrogens is 2. The van der Waals surface area contributed by atoms with Crippen molar-refractivity contribution in [1.82, 2.24) is 19.4 Å². The predicted molar refractivity (Wildman–Crippen MR) is 120 cm³/mol. The topological polar surface area (TPSA) is 88.6 Å². The molecule has 0 radical (unpaired) electrons. The molecule has 0 N–H and O–H groups in total. The smallest absolute Gasteiger partial charge is 0.297 e. The zero-order valence-corrected chi connectivity index (χ0v) is 18.1. The van der Waals surface area contributed by atoms with Crippen LogP contribution in [0.5, 0.6) is 0 Å². The van der Waals surface area contributed by atoms with Crippen molar-refractivity contribution in [3.05, 3.63) is 75.5 Å². The lowest BCUT2D eigenvalue weighted by molar-refractivity contribution is -0.133. The molecule has 1 fully saturated rings. The Morgan fingerprint density at radius 3 is 2.55 bits per heavy atom. The summed E-state index contributed by atoms with van der Waals surface area (Å²) in [7, 11) is 0. The van der Waals surface area contributed by atoms with Gasteiger partial charge in [0.2, 0.25) is 11.5 Å². The number of benzene rings is 2. The molecule has 0 bridgehead atoms. The molecule has 2 aromatic carbocycles. The summed E-state index contributed by atoms with van der Waals surface area (Å²) in [5.41, 5.74) is 0.922. The third-order valence-corrected chi connectivity index (χ3v) is 6.05. The lowest BCUT2D eigenvalue weighted by Gasteiger charge is -2.35. The van der Waals surface area contributed by atoms with Crippen LogP contribution in [0.4, 0.5) is 4.39 Å². The minimum absolute atomic E-state index is 0.0476. The van der Waals surface area contributed by atoms with E-state index < -0.39 is 11.4 Å². The summed E-state index contributed by atoms with van der Waals surface area (Å²) < 4.78 is 20.1. The maximum atomic E-state index is 13.3. The first-order valence-corrected chi connectivity index (χ1v) is 10.7. The standard InChI is InChI=1S/C23H18ClFN4O4/c24-17-11-14(25)5-6-15(17)22(31)28-9-7-27(8-10-28)19(30)12-29-13-26-20-16-3-1-2-4-18(16)33-21(20)23(29)32/h1-6,11,13H,7-10,12H2. The fraction of sp³-hybridized carbons (Fsp3) is 0.217. The molecule has 2 aromatic heterocycles. The van der Waals surface area contributed by atoms with E-state index in [9.17, 15) is 18.8 Å². The van der Waals surface area contributed by atoms with Gasteiger partial charge in [-0.2, -0.15) is 0 Å². The van der Waals surface area contributed by atoms with Crippen LogP contribution in [-0.2, 0) is 11.3 Å². The van der Waals surface area contributed by atoms with Crippen LogP contribution in [0.1, 0.15) is 10.4 Å². The van der Waals surface area contributed by atoms with Gasteiger partial charge in [0.15, 0.2) is 0 Å². The monoisotopic (exact) mass is 468 g/mol. The Morgan fingerprint density at radius 2 is 1.79 bits per heavy atom. The fourth-order valence-corrected chi connectivity index (χ4v) is 4.21. The minimum Gasteiger partial charge on any atom is -0.448 e. The van der Waals surface area contributed by atoms with E-state index in [0.29, 0.717) is 37.3 Å². The summed E-state index contributed by atoms with van der Waals surface area (Å²) in [6, 6.07) is 10.9. The van der Waals surface area contributed by atoms with Crippen LogP contribution in [-0.4, -0.2) is 57.3 Å². The molecule has 168 valence electrons. The van der Waals surface area contributed by atoms with E-state index in [1.807, 2.05) is 12.1 Å². The number of hydrogen-bond donors (Lipinski definition) is 0. The third kappa shape index (κ3) is 3.84. The van der Waals surface area contributed by atoms with Crippen molar-refractivity contribution in [1.29, 1.82) is 0 Å². The first kappa shape index (κ1) is 21.1. The molecule has 33 heavy (non-hydrogen) atoms. The third-order valence-electron chi connectivity index (χ3n) is 5.74. The molecule has 2 amide bonds. The minimum atomic E-state index is -0.516. The van der Waals surface area contributed by atoms with Crippen molar-refractivity contribution in [2.75, 3.05) is 26.2 Å². The number of furan rings is 1. The van der Waals surface area contributed by atoms with Gasteiger partial charge in [-0.15, -0.1) is 0 Å². The normalized spacial score (nSPS) is 14.2. The maximum absolute atomic E-state index is 13.3. The van der Waals surface area contributed by atoms with Crippen molar-refractivity contribution in [3.8, 4) is 0 Å². The van der Waals surface area contributed by atoms with Crippen LogP contribution in [0, 0.1) is 5.82 Å². The van der Waals surface area contributed by atoms with Gasteiger partial charge in [0.1, 0.15) is 23.5 Å². The number of hydrogen-bond acceptors (Lipinski definition) is 5. The van der Waals surface area contributed by atoms with Gasteiger partial charge in [-0.1, -0.05) is 23.7 Å². The lowest BCUT2D eigenvalue weighted by atomic mass is 10.1. The van der Waals surface area contributed by atoms with Gasteiger partial charge in [-0.05, 0) is 30.3 Å². The predicted octanol–water partition coefficient (Wildman–Crippen LogP) is 2.92. The molecule has 1 aliphatic heterocycles. The summed E-state index contributed by atoms with van der Waals surface area (Å²) in [5, 5.41) is 0.788. The number of fused-ring (bicyclic) bond motifs is 3. The van der Waals surface area contributed by atoms with Gasteiger partial charge in [0.05, 0.1) is 16.9 Å². The van der Waals surface area contributed by atoms with E-state index in [0.717, 1.165) is 11.5 Å². The average molecular weight is 469 g/mol. The number of carbonyl (C=O) groups excluding carboxylic acids is 2. The first-order valence-electron chi connectivity index (χ1n) is 10.3. The lowest BCUT2D eigenvalue weighted by Crippen LogP contribution is -2.51. The number of nitrogens with zero attached hydrogens (tertiary/aromatic N) is 4. The highest BCUT2D eigenvalue weighted by Crippen LogP contribution is 2.24. The molecular weight excluding hydrogens is 451 g/mol. The molecule has 5 rings (SSSR count). The van der Waals surface area contributed by atoms with Crippen LogP contribution in [0.25, 0.3) is 22.1 Å². The number of rotatable bonds is 3. The van der Waals surface area contributed by atoms with Gasteiger partial charge >= 0.3 is 0 Å². The number of para-hydroxylation sites is 1. The zero-order valence-electron chi connectivity index (χ0n) is 17.3. The largest absolute Gasteiger partial charge is 0.448 e. The highest BCUT2D eigenvalue weighted by atomic mass is 35.5. The quantitative estimate of drug-likeness (QED) is 0.461. The second-order valence-corrected chi connectivity index (χ2v) is 8.16. The Bertz CT molecular complexity index is 1460. The van der Waals surface area contributed by atoms with Crippen LogP contribution < -0.4 is 5.56 Å². The maximum Gasteiger partial charge on any atom is 0.297 e. The fourth-order valence-electron chi connectivity index (χ4n) is 3.97. The van der Waals surface area contributed by atoms with Crippen LogP contribution >= 0.6 is 11.6 Å². The molecule has 1 aliphatic rings. The highest BCUT2D eigenvalue weighted by molar-refractivity contribution is 6.33. The highest BCUT2D eigenvalue weighted by Gasteiger charge is 2.26. The van der Waals surface area contributed by atoms with Crippen molar-refractivity contribution < 1.29 is 18.4 Å². The molecular formula is C23H18ClFN4O4. The number of piperazine rings is 1. The van der Waals surface area contributed by atoms with Gasteiger partial charge in [-0.25, -0.2) is 9.37 Å². The van der Waals surface area contributed by atoms with Crippen LogP contribution in [0.2, 0.25) is 5.02 Å². The van der Waals surface area contributed by atoms with Crippen molar-refractivity contribution in [2.24, 2.45) is 0 Å². The molecule has 0 unspecified atom stereocenters. The number of carbonyl (C=O) groups is 2. The Labute approximate surface area is 191 Å². The van der Waals surface area contributed by atoms with Gasteiger partial charge in [-0.3, -0.25) is 19.0 Å². The van der Waals surface area contributed by atoms with Crippen molar-refractivity contribution >= 4 is 45.5 Å². The summed E-state index contributed by atoms with van der Waals surface area (Å²) in [6.45, 7) is 1.02. The molecule has 8 nitrogen and oxygen atoms in total. The van der Waals surface area contributed by atoms with Crippen LogP contribution in [0.15, 0.2) is 58.0 Å². The Balaban J connectivity index is 1.27. The van der Waals surface area contributed by atoms with Gasteiger partial charge in [0.25, 0.3) is 11.5 Å². The molecule has 4 aromatic rings. The molecule has 0 atom stereocenters.